The number of carboxylic acids is 1. The van der Waals surface area contributed by atoms with Gasteiger partial charge in [0, 0.05) is 0 Å². The molecule has 4 nitrogen and oxygen atoms in total. The molecule has 0 saturated carbocycles. The number of rotatable bonds is 7. The van der Waals surface area contributed by atoms with Crippen molar-refractivity contribution in [2.45, 2.75) is 31.6 Å². The lowest BCUT2D eigenvalue weighted by Crippen LogP contribution is -2.43. The summed E-state index contributed by atoms with van der Waals surface area (Å²) in [5.41, 5.74) is 0.881. The highest BCUT2D eigenvalue weighted by Crippen LogP contribution is 2.26. The third kappa shape index (κ3) is 4.89. The second-order valence-corrected chi connectivity index (χ2v) is 6.00. The lowest BCUT2D eigenvalue weighted by Gasteiger charge is -2.20. The molecule has 5 heteroatoms. The fraction of sp³-hybridized carbons (Fsp3) is 0.467. The fourth-order valence-electron chi connectivity index (χ4n) is 1.96. The molecule has 1 unspecified atom stereocenters. The van der Waals surface area contributed by atoms with Crippen molar-refractivity contribution in [1.29, 1.82) is 0 Å². The highest BCUT2D eigenvalue weighted by molar-refractivity contribution is 7.99. The molecule has 0 aromatic heterocycles. The number of hydrogen-bond acceptors (Lipinski definition) is 3. The van der Waals surface area contributed by atoms with E-state index in [4.69, 9.17) is 0 Å². The third-order valence-electron chi connectivity index (χ3n) is 2.90. The highest BCUT2D eigenvalue weighted by Gasteiger charge is 2.26. The zero-order chi connectivity index (χ0) is 15.1. The van der Waals surface area contributed by atoms with Crippen LogP contribution in [0.1, 0.15) is 31.1 Å². The van der Waals surface area contributed by atoms with Gasteiger partial charge in [-0.05, 0) is 24.2 Å². The van der Waals surface area contributed by atoms with E-state index in [1.54, 1.807) is 0 Å². The van der Waals surface area contributed by atoms with E-state index in [9.17, 15) is 14.7 Å². The maximum absolute atomic E-state index is 12.3. The zero-order valence-electron chi connectivity index (χ0n) is 12.0. The largest absolute Gasteiger partial charge is 0.480 e. The minimum absolute atomic E-state index is 0.209. The van der Waals surface area contributed by atoms with E-state index >= 15 is 0 Å². The van der Waals surface area contributed by atoms with Gasteiger partial charge in [0.2, 0.25) is 5.91 Å². The average Bonchev–Trinajstić information content (AvgIpc) is 2.39. The van der Waals surface area contributed by atoms with Crippen LogP contribution in [0.15, 0.2) is 30.3 Å². The van der Waals surface area contributed by atoms with Crippen molar-refractivity contribution in [2.75, 3.05) is 6.26 Å². The van der Waals surface area contributed by atoms with Gasteiger partial charge in [-0.2, -0.15) is 0 Å². The van der Waals surface area contributed by atoms with Gasteiger partial charge in [-0.25, -0.2) is 4.79 Å². The fourth-order valence-corrected chi connectivity index (χ4v) is 2.67. The molecule has 20 heavy (non-hydrogen) atoms. The standard InChI is InChI=1S/C15H21NO3S/c1-10(2)9-12(15(18)19)16-14(17)13(20-3)11-7-5-4-6-8-11/h4-8,10,12-13H,9H2,1-3H3,(H,16,17)(H,18,19)/t12-,13?/m1/s1. The Morgan fingerprint density at radius 1 is 1.25 bits per heavy atom. The molecule has 0 saturated heterocycles. The Hall–Kier alpha value is -1.49. The van der Waals surface area contributed by atoms with Crippen LogP contribution in [-0.4, -0.2) is 29.3 Å². The van der Waals surface area contributed by atoms with Gasteiger partial charge in [0.05, 0.1) is 0 Å². The summed E-state index contributed by atoms with van der Waals surface area (Å²) in [6.07, 6.45) is 2.27. The normalized spacial score (nSPS) is 13.8. The first-order chi connectivity index (χ1) is 9.45. The maximum Gasteiger partial charge on any atom is 0.326 e. The van der Waals surface area contributed by atoms with Gasteiger partial charge >= 0.3 is 5.97 Å². The van der Waals surface area contributed by atoms with Crippen molar-refractivity contribution >= 4 is 23.6 Å². The Bertz CT molecular complexity index is 448. The molecule has 0 aliphatic carbocycles. The summed E-state index contributed by atoms with van der Waals surface area (Å²) in [7, 11) is 0. The summed E-state index contributed by atoms with van der Waals surface area (Å²) < 4.78 is 0. The average molecular weight is 295 g/mol. The van der Waals surface area contributed by atoms with Crippen molar-refractivity contribution in [3.63, 3.8) is 0 Å². The minimum atomic E-state index is -0.986. The van der Waals surface area contributed by atoms with Crippen molar-refractivity contribution in [2.24, 2.45) is 5.92 Å². The molecule has 1 amide bonds. The van der Waals surface area contributed by atoms with E-state index in [1.165, 1.54) is 11.8 Å². The molecule has 2 atom stereocenters. The summed E-state index contributed by atoms with van der Waals surface area (Å²) in [5, 5.41) is 11.4. The summed E-state index contributed by atoms with van der Waals surface area (Å²) in [6.45, 7) is 3.87. The molecule has 0 heterocycles. The Balaban J connectivity index is 2.78. The smallest absolute Gasteiger partial charge is 0.326 e. The van der Waals surface area contributed by atoms with Crippen LogP contribution < -0.4 is 5.32 Å². The van der Waals surface area contributed by atoms with E-state index in [2.05, 4.69) is 5.32 Å². The van der Waals surface area contributed by atoms with Gasteiger partial charge in [-0.15, -0.1) is 11.8 Å². The number of amides is 1. The first-order valence-electron chi connectivity index (χ1n) is 6.56. The van der Waals surface area contributed by atoms with Gasteiger partial charge < -0.3 is 10.4 Å². The molecule has 0 spiro atoms. The lowest BCUT2D eigenvalue weighted by molar-refractivity contribution is -0.142. The molecule has 0 radical (unpaired) electrons. The van der Waals surface area contributed by atoms with Crippen LogP contribution >= 0.6 is 11.8 Å². The van der Waals surface area contributed by atoms with Gasteiger partial charge in [-0.1, -0.05) is 44.2 Å². The quantitative estimate of drug-likeness (QED) is 0.811. The number of carbonyl (C=O) groups is 2. The van der Waals surface area contributed by atoms with Gasteiger partial charge in [0.25, 0.3) is 0 Å². The van der Waals surface area contributed by atoms with Crippen molar-refractivity contribution < 1.29 is 14.7 Å². The third-order valence-corrected chi connectivity index (χ3v) is 3.86. The molecule has 1 aromatic rings. The Kier molecular flexibility index (Phi) is 6.58. The van der Waals surface area contributed by atoms with Crippen molar-refractivity contribution in [3.05, 3.63) is 35.9 Å². The molecule has 2 N–H and O–H groups in total. The Morgan fingerprint density at radius 2 is 1.85 bits per heavy atom. The van der Waals surface area contributed by atoms with E-state index in [1.807, 2.05) is 50.4 Å². The van der Waals surface area contributed by atoms with E-state index in [0.717, 1.165) is 5.56 Å². The topological polar surface area (TPSA) is 66.4 Å². The zero-order valence-corrected chi connectivity index (χ0v) is 12.8. The number of hydrogen-bond donors (Lipinski definition) is 2. The number of benzene rings is 1. The van der Waals surface area contributed by atoms with Crippen LogP contribution in [0.5, 0.6) is 0 Å². The molecule has 0 fully saturated rings. The monoisotopic (exact) mass is 295 g/mol. The summed E-state index contributed by atoms with van der Waals surface area (Å²) in [4.78, 5) is 23.5. The predicted molar refractivity (Wildman–Crippen MR) is 81.7 cm³/mol. The predicted octanol–water partition coefficient (Wildman–Crippen LogP) is 2.71. The van der Waals surface area contributed by atoms with Gasteiger partial charge in [0.1, 0.15) is 11.3 Å². The summed E-state index contributed by atoms with van der Waals surface area (Å²) >= 11 is 1.40. The number of carbonyl (C=O) groups excluding carboxylic acids is 1. The van der Waals surface area contributed by atoms with Crippen LogP contribution in [0, 0.1) is 5.92 Å². The maximum atomic E-state index is 12.3. The highest BCUT2D eigenvalue weighted by atomic mass is 32.2. The molecular formula is C15H21NO3S. The van der Waals surface area contributed by atoms with Crippen LogP contribution in [0.3, 0.4) is 0 Å². The van der Waals surface area contributed by atoms with E-state index in [0.29, 0.717) is 6.42 Å². The second kappa shape index (κ2) is 7.94. The van der Waals surface area contributed by atoms with E-state index < -0.39 is 12.0 Å². The first-order valence-corrected chi connectivity index (χ1v) is 7.85. The molecule has 0 bridgehead atoms. The van der Waals surface area contributed by atoms with Crippen LogP contribution in [0.2, 0.25) is 0 Å². The number of thioether (sulfide) groups is 1. The number of aliphatic carboxylic acids is 1. The second-order valence-electron chi connectivity index (χ2n) is 5.06. The molecular weight excluding hydrogens is 274 g/mol. The minimum Gasteiger partial charge on any atom is -0.480 e. The molecule has 1 aromatic carbocycles. The summed E-state index contributed by atoms with van der Waals surface area (Å²) in [6, 6.07) is 8.54. The molecule has 0 aliphatic rings. The molecule has 0 aliphatic heterocycles. The molecule has 1 rings (SSSR count). The SMILES string of the molecule is CSC(C(=O)N[C@H](CC(C)C)C(=O)O)c1ccccc1. The number of nitrogens with one attached hydrogen (secondary N) is 1. The first kappa shape index (κ1) is 16.6. The Labute approximate surface area is 124 Å². The van der Waals surface area contributed by atoms with Crippen molar-refractivity contribution in [3.8, 4) is 0 Å². The van der Waals surface area contributed by atoms with Crippen LogP contribution in [-0.2, 0) is 9.59 Å². The van der Waals surface area contributed by atoms with Gasteiger partial charge in [0.15, 0.2) is 0 Å². The molecule has 110 valence electrons. The lowest BCUT2D eigenvalue weighted by atomic mass is 10.0. The summed E-state index contributed by atoms with van der Waals surface area (Å²) in [5.74, 6) is -1.03. The van der Waals surface area contributed by atoms with E-state index in [-0.39, 0.29) is 17.1 Å². The van der Waals surface area contributed by atoms with Crippen LogP contribution in [0.4, 0.5) is 0 Å². The van der Waals surface area contributed by atoms with Crippen molar-refractivity contribution in [1.82, 2.24) is 5.32 Å². The van der Waals surface area contributed by atoms with Crippen LogP contribution in [0.25, 0.3) is 0 Å². The van der Waals surface area contributed by atoms with Gasteiger partial charge in [-0.3, -0.25) is 4.79 Å². The number of carboxylic acid groups (broad SMARTS) is 1. The Morgan fingerprint density at radius 3 is 2.30 bits per heavy atom.